The molecule has 3 heteroatoms. The van der Waals surface area contributed by atoms with Crippen molar-refractivity contribution in [2.24, 2.45) is 0 Å². The molecule has 1 nitrogen and oxygen atoms in total. The highest BCUT2D eigenvalue weighted by molar-refractivity contribution is 9.10. The summed E-state index contributed by atoms with van der Waals surface area (Å²) in [6, 6.07) is 27.4. The van der Waals surface area contributed by atoms with Gasteiger partial charge in [-0.2, -0.15) is 0 Å². The summed E-state index contributed by atoms with van der Waals surface area (Å²) in [6.45, 7) is 0. The topological polar surface area (TPSA) is 9.23 Å². The van der Waals surface area contributed by atoms with E-state index in [0.29, 0.717) is 0 Å². The van der Waals surface area contributed by atoms with E-state index in [1.165, 1.54) is 16.0 Å². The first-order valence-corrected chi connectivity index (χ1v) is 9.04. The molecular formula is C20H17BrOS. The Labute approximate surface area is 149 Å². The molecule has 0 bridgehead atoms. The van der Waals surface area contributed by atoms with Crippen molar-refractivity contribution in [3.63, 3.8) is 0 Å². The van der Waals surface area contributed by atoms with Crippen LogP contribution >= 0.6 is 27.7 Å². The fourth-order valence-electron chi connectivity index (χ4n) is 2.38. The largest absolute Gasteiger partial charge is 0.497 e. The van der Waals surface area contributed by atoms with Gasteiger partial charge < -0.3 is 4.74 Å². The van der Waals surface area contributed by atoms with Crippen LogP contribution in [-0.4, -0.2) is 7.11 Å². The molecule has 23 heavy (non-hydrogen) atoms. The molecule has 3 aromatic carbocycles. The van der Waals surface area contributed by atoms with E-state index in [0.717, 1.165) is 10.2 Å². The molecule has 0 unspecified atom stereocenters. The van der Waals surface area contributed by atoms with Crippen molar-refractivity contribution in [1.29, 1.82) is 0 Å². The Morgan fingerprint density at radius 1 is 0.783 bits per heavy atom. The van der Waals surface area contributed by atoms with E-state index in [4.69, 9.17) is 4.74 Å². The first-order chi connectivity index (χ1) is 11.3. The van der Waals surface area contributed by atoms with E-state index in [9.17, 15) is 0 Å². The van der Waals surface area contributed by atoms with Gasteiger partial charge in [0.1, 0.15) is 5.75 Å². The van der Waals surface area contributed by atoms with Crippen LogP contribution in [0.25, 0.3) is 0 Å². The highest BCUT2D eigenvalue weighted by Crippen LogP contribution is 2.41. The fraction of sp³-hybridized carbons (Fsp3) is 0.100. The molecular weight excluding hydrogens is 368 g/mol. The molecule has 0 saturated heterocycles. The van der Waals surface area contributed by atoms with Crippen molar-refractivity contribution in [2.45, 2.75) is 10.1 Å². The maximum absolute atomic E-state index is 5.24. The van der Waals surface area contributed by atoms with Gasteiger partial charge in [-0.1, -0.05) is 58.4 Å². The van der Waals surface area contributed by atoms with Crippen molar-refractivity contribution >= 4 is 27.7 Å². The molecule has 116 valence electrons. The van der Waals surface area contributed by atoms with Crippen LogP contribution < -0.4 is 4.74 Å². The zero-order valence-corrected chi connectivity index (χ0v) is 15.2. The van der Waals surface area contributed by atoms with Crippen LogP contribution in [0.3, 0.4) is 0 Å². The SMILES string of the molecule is COc1ccc(S[C@H](c2ccccc2)c2ccc(Br)cc2)cc1. The second kappa shape index (κ2) is 7.71. The molecule has 0 aromatic heterocycles. The Hall–Kier alpha value is -1.71. The first kappa shape index (κ1) is 16.2. The summed E-state index contributed by atoms with van der Waals surface area (Å²) in [7, 11) is 1.69. The standard InChI is InChI=1S/C20H17BrOS/c1-22-18-11-13-19(14-12-18)23-20(15-5-3-2-4-6-15)16-7-9-17(21)10-8-16/h2-14,20H,1H3/t20-/m1/s1. The minimum Gasteiger partial charge on any atom is -0.497 e. The van der Waals surface area contributed by atoms with Crippen LogP contribution in [0.1, 0.15) is 16.4 Å². The Morgan fingerprint density at radius 3 is 2.00 bits per heavy atom. The third-order valence-corrected chi connectivity index (χ3v) is 5.44. The van der Waals surface area contributed by atoms with Gasteiger partial charge in [0.05, 0.1) is 12.4 Å². The Balaban J connectivity index is 1.93. The number of rotatable bonds is 5. The number of methoxy groups -OCH3 is 1. The molecule has 0 saturated carbocycles. The van der Waals surface area contributed by atoms with Crippen LogP contribution in [0.4, 0.5) is 0 Å². The van der Waals surface area contributed by atoms with Crippen molar-refractivity contribution in [1.82, 2.24) is 0 Å². The van der Waals surface area contributed by atoms with Gasteiger partial charge in [0.2, 0.25) is 0 Å². The minimum atomic E-state index is 0.262. The van der Waals surface area contributed by atoms with Gasteiger partial charge in [0.25, 0.3) is 0 Å². The molecule has 0 aliphatic heterocycles. The van der Waals surface area contributed by atoms with Gasteiger partial charge in [0.15, 0.2) is 0 Å². The fourth-order valence-corrected chi connectivity index (χ4v) is 3.80. The number of ether oxygens (including phenoxy) is 1. The highest BCUT2D eigenvalue weighted by Gasteiger charge is 2.15. The molecule has 0 N–H and O–H groups in total. The van der Waals surface area contributed by atoms with E-state index in [1.807, 2.05) is 23.9 Å². The van der Waals surface area contributed by atoms with E-state index < -0.39 is 0 Å². The van der Waals surface area contributed by atoms with Gasteiger partial charge in [-0.05, 0) is 47.5 Å². The third kappa shape index (κ3) is 4.18. The summed E-state index contributed by atoms with van der Waals surface area (Å²) < 4.78 is 6.34. The summed E-state index contributed by atoms with van der Waals surface area (Å²) in [6.07, 6.45) is 0. The van der Waals surface area contributed by atoms with Gasteiger partial charge in [-0.3, -0.25) is 0 Å². The quantitative estimate of drug-likeness (QED) is 0.474. The van der Waals surface area contributed by atoms with Gasteiger partial charge >= 0.3 is 0 Å². The maximum Gasteiger partial charge on any atom is 0.118 e. The van der Waals surface area contributed by atoms with Crippen molar-refractivity contribution in [3.05, 3.63) is 94.5 Å². The van der Waals surface area contributed by atoms with Gasteiger partial charge in [-0.25, -0.2) is 0 Å². The smallest absolute Gasteiger partial charge is 0.118 e. The second-order valence-electron chi connectivity index (χ2n) is 5.14. The van der Waals surface area contributed by atoms with Crippen LogP contribution in [0, 0.1) is 0 Å². The molecule has 0 amide bonds. The average Bonchev–Trinajstić information content (AvgIpc) is 2.62. The molecule has 3 rings (SSSR count). The van der Waals surface area contributed by atoms with Crippen LogP contribution in [0.2, 0.25) is 0 Å². The first-order valence-electron chi connectivity index (χ1n) is 7.37. The van der Waals surface area contributed by atoms with E-state index in [1.54, 1.807) is 7.11 Å². The molecule has 0 spiro atoms. The molecule has 0 aliphatic rings. The molecule has 1 atom stereocenters. The predicted octanol–water partition coefficient (Wildman–Crippen LogP) is 6.34. The van der Waals surface area contributed by atoms with Gasteiger partial charge in [0, 0.05) is 9.37 Å². The lowest BCUT2D eigenvalue weighted by Crippen LogP contribution is -1.96. The van der Waals surface area contributed by atoms with E-state index in [2.05, 4.69) is 82.7 Å². The summed E-state index contributed by atoms with van der Waals surface area (Å²) in [4.78, 5) is 1.22. The number of hydrogen-bond donors (Lipinski definition) is 0. The Morgan fingerprint density at radius 2 is 1.39 bits per heavy atom. The van der Waals surface area contributed by atoms with Crippen molar-refractivity contribution < 1.29 is 4.74 Å². The number of hydrogen-bond acceptors (Lipinski definition) is 2. The second-order valence-corrected chi connectivity index (χ2v) is 7.23. The zero-order valence-electron chi connectivity index (χ0n) is 12.8. The van der Waals surface area contributed by atoms with Gasteiger partial charge in [-0.15, -0.1) is 11.8 Å². The summed E-state index contributed by atoms with van der Waals surface area (Å²) in [5.41, 5.74) is 2.59. The minimum absolute atomic E-state index is 0.262. The van der Waals surface area contributed by atoms with Crippen LogP contribution in [-0.2, 0) is 0 Å². The lowest BCUT2D eigenvalue weighted by molar-refractivity contribution is 0.414. The molecule has 0 radical (unpaired) electrons. The lowest BCUT2D eigenvalue weighted by Gasteiger charge is -2.18. The summed E-state index contributed by atoms with van der Waals surface area (Å²) >= 11 is 5.36. The van der Waals surface area contributed by atoms with Crippen molar-refractivity contribution in [2.75, 3.05) is 7.11 Å². The molecule has 3 aromatic rings. The third-order valence-electron chi connectivity index (χ3n) is 3.59. The van der Waals surface area contributed by atoms with Crippen molar-refractivity contribution in [3.8, 4) is 5.75 Å². The van der Waals surface area contributed by atoms with Crippen LogP contribution in [0.5, 0.6) is 5.75 Å². The predicted molar refractivity (Wildman–Crippen MR) is 101 cm³/mol. The monoisotopic (exact) mass is 384 g/mol. The summed E-state index contributed by atoms with van der Waals surface area (Å²) in [5, 5.41) is 0.262. The van der Waals surface area contributed by atoms with E-state index >= 15 is 0 Å². The highest BCUT2D eigenvalue weighted by atomic mass is 79.9. The number of halogens is 1. The normalized spacial score (nSPS) is 11.9. The Bertz CT molecular complexity index is 739. The molecule has 0 fully saturated rings. The maximum atomic E-state index is 5.24. The summed E-state index contributed by atoms with van der Waals surface area (Å²) in [5.74, 6) is 0.884. The average molecular weight is 385 g/mol. The Kier molecular flexibility index (Phi) is 5.42. The van der Waals surface area contributed by atoms with Crippen LogP contribution in [0.15, 0.2) is 88.2 Å². The molecule has 0 aliphatic carbocycles. The number of benzene rings is 3. The molecule has 0 heterocycles. The number of thioether (sulfide) groups is 1. The zero-order chi connectivity index (χ0) is 16.1. The van der Waals surface area contributed by atoms with E-state index in [-0.39, 0.29) is 5.25 Å². The lowest BCUT2D eigenvalue weighted by atomic mass is 10.0.